The van der Waals surface area contributed by atoms with Crippen molar-refractivity contribution < 1.29 is 9.47 Å². The molecule has 2 aliphatic rings. The van der Waals surface area contributed by atoms with Crippen LogP contribution in [0, 0.1) is 0 Å². The summed E-state index contributed by atoms with van der Waals surface area (Å²) >= 11 is 0. The summed E-state index contributed by atoms with van der Waals surface area (Å²) in [6.07, 6.45) is 0.478. The molecule has 2 rings (SSSR count). The Balaban J connectivity index is 1.69. The molecule has 2 aliphatic heterocycles. The highest BCUT2D eigenvalue weighted by atomic mass is 16.5. The molecule has 2 unspecified atom stereocenters. The van der Waals surface area contributed by atoms with Gasteiger partial charge in [-0.3, -0.25) is 9.80 Å². The molecule has 2 saturated heterocycles. The summed E-state index contributed by atoms with van der Waals surface area (Å²) in [5, 5.41) is 3.38. The quantitative estimate of drug-likeness (QED) is 0.687. The van der Waals surface area contributed by atoms with Gasteiger partial charge in [0.2, 0.25) is 0 Å². The van der Waals surface area contributed by atoms with Crippen LogP contribution < -0.4 is 5.32 Å². The molecule has 0 saturated carbocycles. The van der Waals surface area contributed by atoms with Crippen molar-refractivity contribution in [1.82, 2.24) is 15.1 Å². The molecule has 0 spiro atoms. The smallest absolute Gasteiger partial charge is 0.0971 e. The number of nitrogens with one attached hydrogen (secondary N) is 1. The summed E-state index contributed by atoms with van der Waals surface area (Å²) in [6.45, 7) is 8.89. The Hall–Kier alpha value is -0.200. The highest BCUT2D eigenvalue weighted by Gasteiger charge is 2.32. The van der Waals surface area contributed by atoms with Gasteiger partial charge >= 0.3 is 0 Å². The summed E-state index contributed by atoms with van der Waals surface area (Å²) in [4.78, 5) is 4.98. The summed E-state index contributed by atoms with van der Waals surface area (Å²) < 4.78 is 10.9. The van der Waals surface area contributed by atoms with Gasteiger partial charge in [-0.1, -0.05) is 0 Å². The molecule has 2 atom stereocenters. The first-order valence-electron chi connectivity index (χ1n) is 6.54. The van der Waals surface area contributed by atoms with Crippen LogP contribution in [0.25, 0.3) is 0 Å². The number of rotatable bonds is 5. The fourth-order valence-electron chi connectivity index (χ4n) is 2.67. The third-order valence-corrected chi connectivity index (χ3v) is 3.84. The standard InChI is InChI=1S/C12H25N3O2/c1-16-11-9-15(10-12(11)17-2)8-7-14-5-3-13-4-6-14/h11-13H,3-10H2,1-2H3. The van der Waals surface area contributed by atoms with Crippen molar-refractivity contribution in [2.75, 3.05) is 66.6 Å². The van der Waals surface area contributed by atoms with Crippen molar-refractivity contribution in [3.05, 3.63) is 0 Å². The Morgan fingerprint density at radius 2 is 1.47 bits per heavy atom. The molecule has 0 bridgehead atoms. The van der Waals surface area contributed by atoms with E-state index in [1.54, 1.807) is 14.2 Å². The lowest BCUT2D eigenvalue weighted by Gasteiger charge is -2.28. The van der Waals surface area contributed by atoms with Crippen LogP contribution in [-0.4, -0.2) is 88.6 Å². The zero-order chi connectivity index (χ0) is 12.1. The van der Waals surface area contributed by atoms with E-state index >= 15 is 0 Å². The third kappa shape index (κ3) is 3.63. The molecule has 5 heteroatoms. The van der Waals surface area contributed by atoms with Gasteiger partial charge in [0.05, 0.1) is 12.2 Å². The minimum Gasteiger partial charge on any atom is -0.377 e. The fraction of sp³-hybridized carbons (Fsp3) is 1.00. The van der Waals surface area contributed by atoms with Crippen LogP contribution >= 0.6 is 0 Å². The first kappa shape index (κ1) is 13.2. The summed E-state index contributed by atoms with van der Waals surface area (Å²) in [6, 6.07) is 0. The van der Waals surface area contributed by atoms with Gasteiger partial charge in [0.1, 0.15) is 0 Å². The van der Waals surface area contributed by atoms with Crippen LogP contribution in [0.3, 0.4) is 0 Å². The Morgan fingerprint density at radius 3 is 2.00 bits per heavy atom. The summed E-state index contributed by atoms with van der Waals surface area (Å²) in [5.74, 6) is 0. The zero-order valence-electron chi connectivity index (χ0n) is 11.0. The van der Waals surface area contributed by atoms with Crippen LogP contribution in [-0.2, 0) is 9.47 Å². The molecule has 0 aliphatic carbocycles. The maximum Gasteiger partial charge on any atom is 0.0971 e. The molecule has 2 fully saturated rings. The van der Waals surface area contributed by atoms with E-state index in [0.29, 0.717) is 0 Å². The number of hydrogen-bond donors (Lipinski definition) is 1. The van der Waals surface area contributed by atoms with Crippen molar-refractivity contribution in [2.45, 2.75) is 12.2 Å². The SMILES string of the molecule is COC1CN(CCN2CCNCC2)CC1OC. The van der Waals surface area contributed by atoms with Gasteiger partial charge < -0.3 is 14.8 Å². The third-order valence-electron chi connectivity index (χ3n) is 3.84. The van der Waals surface area contributed by atoms with Gasteiger partial charge in [-0.2, -0.15) is 0 Å². The van der Waals surface area contributed by atoms with Crippen molar-refractivity contribution in [1.29, 1.82) is 0 Å². The predicted octanol–water partition coefficient (Wildman–Crippen LogP) is -0.763. The maximum atomic E-state index is 5.45. The number of hydrogen-bond acceptors (Lipinski definition) is 5. The molecular weight excluding hydrogens is 218 g/mol. The van der Waals surface area contributed by atoms with E-state index in [1.807, 2.05) is 0 Å². The number of piperazine rings is 1. The molecule has 100 valence electrons. The normalized spacial score (nSPS) is 32.1. The highest BCUT2D eigenvalue weighted by molar-refractivity contribution is 4.86. The van der Waals surface area contributed by atoms with E-state index in [1.165, 1.54) is 13.1 Å². The van der Waals surface area contributed by atoms with Gasteiger partial charge in [-0.05, 0) is 0 Å². The maximum absolute atomic E-state index is 5.45. The highest BCUT2D eigenvalue weighted by Crippen LogP contribution is 2.15. The van der Waals surface area contributed by atoms with E-state index in [0.717, 1.165) is 39.3 Å². The molecular formula is C12H25N3O2. The fourth-order valence-corrected chi connectivity index (χ4v) is 2.67. The van der Waals surface area contributed by atoms with Gasteiger partial charge in [-0.15, -0.1) is 0 Å². The second kappa shape index (κ2) is 6.66. The summed E-state index contributed by atoms with van der Waals surface area (Å²) in [7, 11) is 3.55. The van der Waals surface area contributed by atoms with E-state index in [-0.39, 0.29) is 12.2 Å². The van der Waals surface area contributed by atoms with Crippen LogP contribution in [0.4, 0.5) is 0 Å². The number of methoxy groups -OCH3 is 2. The van der Waals surface area contributed by atoms with Crippen LogP contribution in [0.5, 0.6) is 0 Å². The molecule has 0 amide bonds. The first-order valence-corrected chi connectivity index (χ1v) is 6.54. The van der Waals surface area contributed by atoms with E-state index < -0.39 is 0 Å². The Kier molecular flexibility index (Phi) is 5.18. The largest absolute Gasteiger partial charge is 0.377 e. The second-order valence-corrected chi connectivity index (χ2v) is 4.90. The van der Waals surface area contributed by atoms with E-state index in [9.17, 15) is 0 Å². The number of likely N-dealkylation sites (tertiary alicyclic amines) is 1. The molecule has 0 radical (unpaired) electrons. The summed E-state index contributed by atoms with van der Waals surface area (Å²) in [5.41, 5.74) is 0. The topological polar surface area (TPSA) is 37.0 Å². The lowest BCUT2D eigenvalue weighted by Crippen LogP contribution is -2.46. The Labute approximate surface area is 104 Å². The minimum absolute atomic E-state index is 0.239. The Bertz CT molecular complexity index is 210. The van der Waals surface area contributed by atoms with Gasteiger partial charge in [-0.25, -0.2) is 0 Å². The van der Waals surface area contributed by atoms with Crippen molar-refractivity contribution in [2.24, 2.45) is 0 Å². The lowest BCUT2D eigenvalue weighted by molar-refractivity contribution is -0.00461. The van der Waals surface area contributed by atoms with Crippen molar-refractivity contribution in [3.8, 4) is 0 Å². The van der Waals surface area contributed by atoms with Crippen LogP contribution in [0.1, 0.15) is 0 Å². The second-order valence-electron chi connectivity index (χ2n) is 4.90. The van der Waals surface area contributed by atoms with E-state index in [2.05, 4.69) is 15.1 Å². The van der Waals surface area contributed by atoms with Crippen molar-refractivity contribution >= 4 is 0 Å². The lowest BCUT2D eigenvalue weighted by atomic mass is 10.3. The average molecular weight is 243 g/mol. The zero-order valence-corrected chi connectivity index (χ0v) is 11.0. The average Bonchev–Trinajstić information content (AvgIpc) is 2.80. The number of nitrogens with zero attached hydrogens (tertiary/aromatic N) is 2. The van der Waals surface area contributed by atoms with Gasteiger partial charge in [0.15, 0.2) is 0 Å². The minimum atomic E-state index is 0.239. The molecule has 0 aromatic rings. The molecule has 2 heterocycles. The van der Waals surface area contributed by atoms with Crippen LogP contribution in [0.15, 0.2) is 0 Å². The first-order chi connectivity index (χ1) is 8.33. The van der Waals surface area contributed by atoms with Gasteiger partial charge in [0.25, 0.3) is 0 Å². The molecule has 0 aromatic heterocycles. The van der Waals surface area contributed by atoms with Crippen molar-refractivity contribution in [3.63, 3.8) is 0 Å². The van der Waals surface area contributed by atoms with Gasteiger partial charge in [0, 0.05) is 66.6 Å². The molecule has 1 N–H and O–H groups in total. The molecule has 0 aromatic carbocycles. The number of ether oxygens (including phenoxy) is 2. The monoisotopic (exact) mass is 243 g/mol. The molecule has 17 heavy (non-hydrogen) atoms. The Morgan fingerprint density at radius 1 is 0.941 bits per heavy atom. The molecule has 5 nitrogen and oxygen atoms in total. The predicted molar refractivity (Wildman–Crippen MR) is 67.3 cm³/mol. The van der Waals surface area contributed by atoms with Crippen LogP contribution in [0.2, 0.25) is 0 Å². The van der Waals surface area contributed by atoms with E-state index in [4.69, 9.17) is 9.47 Å².